The van der Waals surface area contributed by atoms with Crippen LogP contribution in [0.4, 0.5) is 0 Å². The Hall–Kier alpha value is -3.15. The monoisotopic (exact) mass is 544 g/mol. The third kappa shape index (κ3) is 25.9. The van der Waals surface area contributed by atoms with Crippen LogP contribution in [0.5, 0.6) is 0 Å². The van der Waals surface area contributed by atoms with Gasteiger partial charge in [-0.1, -0.05) is 77.6 Å². The van der Waals surface area contributed by atoms with Crippen molar-refractivity contribution in [2.24, 2.45) is 0 Å². The van der Waals surface area contributed by atoms with Crippen LogP contribution in [-0.4, -0.2) is 41.0 Å². The molecule has 0 saturated carbocycles. The highest BCUT2D eigenvalue weighted by Crippen LogP contribution is 2.35. The fraction of sp³-hybridized carbons (Fsp3) is 0.586. The number of carbonyl (C=O) groups excluding carboxylic acids is 2. The van der Waals surface area contributed by atoms with Gasteiger partial charge in [-0.2, -0.15) is 0 Å². The smallest absolute Gasteiger partial charge is 0.456 e. The Morgan fingerprint density at radius 2 is 1.26 bits per heavy atom. The van der Waals surface area contributed by atoms with E-state index < -0.39 is 39.1 Å². The van der Waals surface area contributed by atoms with Crippen LogP contribution < -0.4 is 0 Å². The van der Waals surface area contributed by atoms with E-state index in [0.717, 1.165) is 19.3 Å². The van der Waals surface area contributed by atoms with Crippen molar-refractivity contribution in [1.29, 1.82) is 0 Å². The highest BCUT2D eigenvalue weighted by molar-refractivity contribution is 7.46. The maximum absolute atomic E-state index is 12.2. The van der Waals surface area contributed by atoms with Crippen molar-refractivity contribution in [3.63, 3.8) is 0 Å². The molecule has 0 rings (SSSR count). The molecule has 0 heterocycles. The Morgan fingerprint density at radius 1 is 0.763 bits per heavy atom. The highest BCUT2D eigenvalue weighted by Gasteiger charge is 2.22. The molecule has 0 aliphatic carbocycles. The zero-order valence-electron chi connectivity index (χ0n) is 22.1. The Balaban J connectivity index is 4.33. The summed E-state index contributed by atoms with van der Waals surface area (Å²) < 4.78 is 25.5. The number of hydrogen-bond acceptors (Lipinski definition) is 6. The second-order valence-electron chi connectivity index (χ2n) is 8.28. The number of ether oxygens (including phenoxy) is 2. The molecule has 0 unspecified atom stereocenters. The minimum absolute atomic E-state index is 0.139. The summed E-state index contributed by atoms with van der Waals surface area (Å²) in [5.74, 6) is 18.8. The van der Waals surface area contributed by atoms with E-state index in [2.05, 4.69) is 64.7 Å². The van der Waals surface area contributed by atoms with Crippen LogP contribution in [0.2, 0.25) is 0 Å². The molecule has 0 aromatic rings. The van der Waals surface area contributed by atoms with Crippen molar-refractivity contribution in [3.8, 4) is 59.7 Å². The van der Waals surface area contributed by atoms with Gasteiger partial charge in [0, 0.05) is 12.3 Å². The Kier molecular flexibility index (Phi) is 22.2. The number of carbonyl (C=O) groups is 2. The summed E-state index contributed by atoms with van der Waals surface area (Å²) in [7, 11) is -4.81. The lowest BCUT2D eigenvalue weighted by atomic mass is 10.0. The Labute approximate surface area is 227 Å². The van der Waals surface area contributed by atoms with Crippen LogP contribution in [-0.2, 0) is 28.2 Å². The third-order valence-corrected chi connectivity index (χ3v) is 5.46. The molecule has 2 N–H and O–H groups in total. The van der Waals surface area contributed by atoms with E-state index in [-0.39, 0.29) is 6.42 Å². The fourth-order valence-corrected chi connectivity index (χ4v) is 3.49. The molecule has 0 amide bonds. The molecule has 0 bridgehead atoms. The summed E-state index contributed by atoms with van der Waals surface area (Å²) in [5, 5.41) is 0. The van der Waals surface area contributed by atoms with Crippen LogP contribution in [0.1, 0.15) is 90.4 Å². The van der Waals surface area contributed by atoms with Crippen LogP contribution in [0.3, 0.4) is 0 Å². The van der Waals surface area contributed by atoms with E-state index in [1.165, 1.54) is 51.4 Å². The third-order valence-electron chi connectivity index (χ3n) is 4.97. The summed E-state index contributed by atoms with van der Waals surface area (Å²) in [5.41, 5.74) is 0. The first-order chi connectivity index (χ1) is 18.3. The lowest BCUT2D eigenvalue weighted by molar-refractivity contribution is -0.158. The number of rotatable bonds is 19. The SMILES string of the molecule is C#CC#CC#CC#CC#CC(=O)OC[C@@H](COP(=O)(O)O)OC(=O)CCCCCCCCCCCCCC. The van der Waals surface area contributed by atoms with Gasteiger partial charge in [0.2, 0.25) is 0 Å². The lowest BCUT2D eigenvalue weighted by Gasteiger charge is -2.17. The predicted molar refractivity (Wildman–Crippen MR) is 144 cm³/mol. The molecule has 1 atom stereocenters. The van der Waals surface area contributed by atoms with Crippen LogP contribution in [0, 0.1) is 59.7 Å². The van der Waals surface area contributed by atoms with Crippen LogP contribution in [0.25, 0.3) is 0 Å². The average molecular weight is 545 g/mol. The standard InChI is InChI=1S/C29H37O8P/c1-3-5-7-9-11-13-14-15-16-18-20-22-24-29(31)37-27(26-36-38(32,33)34)25-35-28(30)23-21-19-17-12-10-8-6-4-2/h2,27H,3,5,7,9,11,13-16,18,20,22,24-26H2,1H3,(H2,32,33,34)/t27-/m0/s1. The van der Waals surface area contributed by atoms with Gasteiger partial charge < -0.3 is 19.3 Å². The van der Waals surface area contributed by atoms with E-state index in [1.807, 2.05) is 0 Å². The van der Waals surface area contributed by atoms with Crippen molar-refractivity contribution in [3.05, 3.63) is 0 Å². The van der Waals surface area contributed by atoms with Gasteiger partial charge >= 0.3 is 19.8 Å². The number of esters is 2. The number of hydrogen-bond donors (Lipinski definition) is 2. The van der Waals surface area contributed by atoms with Gasteiger partial charge in [0.05, 0.1) is 6.61 Å². The summed E-state index contributed by atoms with van der Waals surface area (Å²) >= 11 is 0. The maximum Gasteiger partial charge on any atom is 0.469 e. The Bertz CT molecular complexity index is 1040. The van der Waals surface area contributed by atoms with Crippen molar-refractivity contribution < 1.29 is 37.9 Å². The van der Waals surface area contributed by atoms with E-state index in [1.54, 1.807) is 0 Å². The fourth-order valence-electron chi connectivity index (χ4n) is 3.13. The molecule has 0 fully saturated rings. The first kappa shape index (κ1) is 34.9. The number of phosphoric acid groups is 1. The topological polar surface area (TPSA) is 119 Å². The molecule has 9 heteroatoms. The van der Waals surface area contributed by atoms with E-state index >= 15 is 0 Å². The van der Waals surface area contributed by atoms with E-state index in [0.29, 0.717) is 6.42 Å². The molecule has 0 aromatic heterocycles. The summed E-state index contributed by atoms with van der Waals surface area (Å²) in [4.78, 5) is 41.7. The molecule has 38 heavy (non-hydrogen) atoms. The van der Waals surface area contributed by atoms with Crippen molar-refractivity contribution in [2.75, 3.05) is 13.2 Å². The van der Waals surface area contributed by atoms with Crippen LogP contribution >= 0.6 is 7.82 Å². The second kappa shape index (κ2) is 24.2. The minimum atomic E-state index is -4.81. The molecule has 0 saturated heterocycles. The zero-order chi connectivity index (χ0) is 28.3. The molecule has 206 valence electrons. The molecule has 0 aliphatic rings. The zero-order valence-corrected chi connectivity index (χ0v) is 22.9. The minimum Gasteiger partial charge on any atom is -0.456 e. The van der Waals surface area contributed by atoms with Gasteiger partial charge in [-0.15, -0.1) is 6.42 Å². The lowest BCUT2D eigenvalue weighted by Crippen LogP contribution is -2.29. The van der Waals surface area contributed by atoms with Crippen molar-refractivity contribution >= 4 is 19.8 Å². The largest absolute Gasteiger partial charge is 0.469 e. The van der Waals surface area contributed by atoms with Gasteiger partial charge in [-0.3, -0.25) is 9.32 Å². The summed E-state index contributed by atoms with van der Waals surface area (Å²) in [6, 6.07) is 0. The van der Waals surface area contributed by atoms with Gasteiger partial charge in [0.25, 0.3) is 0 Å². The molecule has 0 radical (unpaired) electrons. The highest BCUT2D eigenvalue weighted by atomic mass is 31.2. The molecule has 0 spiro atoms. The first-order valence-corrected chi connectivity index (χ1v) is 14.3. The molecule has 0 aliphatic heterocycles. The maximum atomic E-state index is 12.2. The molecular formula is C29H37O8P. The number of terminal acetylenes is 1. The van der Waals surface area contributed by atoms with E-state index in [9.17, 15) is 14.2 Å². The van der Waals surface area contributed by atoms with Gasteiger partial charge in [-0.25, -0.2) is 9.36 Å². The second-order valence-corrected chi connectivity index (χ2v) is 9.52. The molecular weight excluding hydrogens is 507 g/mol. The van der Waals surface area contributed by atoms with Crippen molar-refractivity contribution in [2.45, 2.75) is 96.5 Å². The predicted octanol–water partition coefficient (Wildman–Crippen LogP) is 4.29. The Morgan fingerprint density at radius 3 is 1.79 bits per heavy atom. The number of phosphoric ester groups is 1. The van der Waals surface area contributed by atoms with E-state index in [4.69, 9.17) is 25.7 Å². The van der Waals surface area contributed by atoms with Gasteiger partial charge in [0.15, 0.2) is 6.10 Å². The average Bonchev–Trinajstić information content (AvgIpc) is 2.87. The molecule has 0 aromatic carbocycles. The van der Waals surface area contributed by atoms with Crippen LogP contribution in [0.15, 0.2) is 0 Å². The normalized spacial score (nSPS) is 10.5. The van der Waals surface area contributed by atoms with Crippen molar-refractivity contribution in [1.82, 2.24) is 0 Å². The van der Waals surface area contributed by atoms with Gasteiger partial charge in [0.1, 0.15) is 6.61 Å². The van der Waals surface area contributed by atoms with Gasteiger partial charge in [-0.05, 0) is 53.8 Å². The number of unbranched alkanes of at least 4 members (excludes halogenated alkanes) is 11. The first-order valence-electron chi connectivity index (χ1n) is 12.8. The summed E-state index contributed by atoms with van der Waals surface area (Å²) in [6.07, 6.45) is 17.7. The quantitative estimate of drug-likeness (QED) is 0.0813. The summed E-state index contributed by atoms with van der Waals surface area (Å²) in [6.45, 7) is 1.07. The molecule has 8 nitrogen and oxygen atoms in total.